The van der Waals surface area contributed by atoms with E-state index in [2.05, 4.69) is 48.5 Å². The van der Waals surface area contributed by atoms with Gasteiger partial charge in [-0.3, -0.25) is 0 Å². The number of hydrogen-bond donors (Lipinski definition) is 0. The summed E-state index contributed by atoms with van der Waals surface area (Å²) in [4.78, 5) is 0. The van der Waals surface area contributed by atoms with Crippen molar-refractivity contribution < 1.29 is 0 Å². The summed E-state index contributed by atoms with van der Waals surface area (Å²) in [6.07, 6.45) is 2.60. The highest BCUT2D eigenvalue weighted by Gasteiger charge is 2.30. The second-order valence-corrected chi connectivity index (χ2v) is 5.38. The van der Waals surface area contributed by atoms with E-state index < -0.39 is 0 Å². The first-order valence-electron chi connectivity index (χ1n) is 5.86. The van der Waals surface area contributed by atoms with Gasteiger partial charge in [0, 0.05) is 0 Å². The van der Waals surface area contributed by atoms with Gasteiger partial charge in [-0.2, -0.15) is 0 Å². The Morgan fingerprint density at radius 1 is 1.00 bits per heavy atom. The minimum Gasteiger partial charge on any atom is -0.0651 e. The van der Waals surface area contributed by atoms with Crippen molar-refractivity contribution in [2.45, 2.75) is 61.3 Å². The molecule has 80 valence electrons. The molecule has 0 aromatic rings. The summed E-state index contributed by atoms with van der Waals surface area (Å²) in [6, 6.07) is 0. The minimum atomic E-state index is 0.503. The van der Waals surface area contributed by atoms with Gasteiger partial charge in [-0.05, 0) is 23.2 Å². The van der Waals surface area contributed by atoms with E-state index in [4.69, 9.17) is 0 Å². The molecule has 0 heteroatoms. The average Bonchev–Trinajstić information content (AvgIpc) is 2.14. The van der Waals surface area contributed by atoms with Crippen LogP contribution in [-0.2, 0) is 0 Å². The molecule has 0 aromatic heterocycles. The molecular weight excluding hydrogens is 156 g/mol. The lowest BCUT2D eigenvalue weighted by Crippen LogP contribution is -2.29. The van der Waals surface area contributed by atoms with Crippen molar-refractivity contribution in [3.63, 3.8) is 0 Å². The smallest absolute Gasteiger partial charge is 0.0329 e. The molecule has 0 aliphatic carbocycles. The summed E-state index contributed by atoms with van der Waals surface area (Å²) in [5.41, 5.74) is 0.503. The van der Waals surface area contributed by atoms with Gasteiger partial charge < -0.3 is 0 Å². The van der Waals surface area contributed by atoms with E-state index in [0.717, 1.165) is 17.8 Å². The zero-order valence-corrected chi connectivity index (χ0v) is 10.6. The molecule has 0 spiro atoms. The van der Waals surface area contributed by atoms with Crippen molar-refractivity contribution in [1.82, 2.24) is 0 Å². The van der Waals surface area contributed by atoms with E-state index in [1.54, 1.807) is 0 Å². The lowest BCUT2D eigenvalue weighted by molar-refractivity contribution is 0.122. The molecule has 0 heterocycles. The third-order valence-corrected chi connectivity index (χ3v) is 4.47. The normalized spacial score (nSPS) is 19.6. The van der Waals surface area contributed by atoms with Crippen LogP contribution in [-0.4, -0.2) is 0 Å². The number of hydrogen-bond acceptors (Lipinski definition) is 0. The molecule has 0 N–H and O–H groups in total. The first kappa shape index (κ1) is 13.0. The first-order chi connectivity index (χ1) is 5.86. The van der Waals surface area contributed by atoms with Gasteiger partial charge in [-0.1, -0.05) is 61.3 Å². The molecule has 0 saturated carbocycles. The fourth-order valence-electron chi connectivity index (χ4n) is 1.90. The summed E-state index contributed by atoms with van der Waals surface area (Å²) in [5.74, 6) is 2.54. The highest BCUT2D eigenvalue weighted by atomic mass is 14.3. The van der Waals surface area contributed by atoms with Crippen LogP contribution in [0.4, 0.5) is 0 Å². The fraction of sp³-hybridized carbons (Fsp3) is 1.00. The Bertz CT molecular complexity index is 135. The lowest BCUT2D eigenvalue weighted by Gasteiger charge is -2.37. The Balaban J connectivity index is 4.32. The monoisotopic (exact) mass is 184 g/mol. The molecule has 0 saturated heterocycles. The third kappa shape index (κ3) is 3.32. The van der Waals surface area contributed by atoms with Gasteiger partial charge in [0.15, 0.2) is 0 Å². The molecule has 0 radical (unpaired) electrons. The second kappa shape index (κ2) is 5.02. The highest BCUT2D eigenvalue weighted by molar-refractivity contribution is 4.79. The van der Waals surface area contributed by atoms with Crippen molar-refractivity contribution in [3.05, 3.63) is 0 Å². The Morgan fingerprint density at radius 3 is 1.77 bits per heavy atom. The van der Waals surface area contributed by atoms with Crippen LogP contribution in [0.2, 0.25) is 0 Å². The largest absolute Gasteiger partial charge is 0.0651 e. The standard InChI is InChI=1S/C13H28/c1-8-10(3)11(4)12(5)13(6,7)9-2/h10-12H,8-9H2,1-7H3. The maximum absolute atomic E-state index is 2.42. The van der Waals surface area contributed by atoms with Gasteiger partial charge in [0.05, 0.1) is 0 Å². The molecule has 0 aromatic carbocycles. The quantitative estimate of drug-likeness (QED) is 0.579. The zero-order valence-electron chi connectivity index (χ0n) is 10.6. The van der Waals surface area contributed by atoms with Gasteiger partial charge in [0.1, 0.15) is 0 Å². The van der Waals surface area contributed by atoms with Gasteiger partial charge in [-0.15, -0.1) is 0 Å². The topological polar surface area (TPSA) is 0 Å². The second-order valence-electron chi connectivity index (χ2n) is 5.38. The van der Waals surface area contributed by atoms with E-state index in [-0.39, 0.29) is 0 Å². The van der Waals surface area contributed by atoms with Gasteiger partial charge >= 0.3 is 0 Å². The van der Waals surface area contributed by atoms with Gasteiger partial charge in [0.25, 0.3) is 0 Å². The van der Waals surface area contributed by atoms with Crippen LogP contribution in [0.1, 0.15) is 61.3 Å². The van der Waals surface area contributed by atoms with E-state index in [0.29, 0.717) is 5.41 Å². The molecule has 0 rings (SSSR count). The molecule has 13 heavy (non-hydrogen) atoms. The first-order valence-corrected chi connectivity index (χ1v) is 5.86. The van der Waals surface area contributed by atoms with Crippen molar-refractivity contribution in [2.75, 3.05) is 0 Å². The molecule has 0 fully saturated rings. The highest BCUT2D eigenvalue weighted by Crippen LogP contribution is 2.38. The molecule has 3 unspecified atom stereocenters. The van der Waals surface area contributed by atoms with Crippen LogP contribution in [0.5, 0.6) is 0 Å². The molecular formula is C13H28. The third-order valence-electron chi connectivity index (χ3n) is 4.47. The van der Waals surface area contributed by atoms with E-state index in [1.165, 1.54) is 12.8 Å². The number of rotatable bonds is 5. The van der Waals surface area contributed by atoms with Crippen LogP contribution in [0.25, 0.3) is 0 Å². The van der Waals surface area contributed by atoms with Crippen LogP contribution in [0.15, 0.2) is 0 Å². The summed E-state index contributed by atoms with van der Waals surface area (Å²) in [7, 11) is 0. The molecule has 0 aliphatic heterocycles. The van der Waals surface area contributed by atoms with Crippen molar-refractivity contribution in [2.24, 2.45) is 23.2 Å². The maximum Gasteiger partial charge on any atom is -0.0329 e. The Kier molecular flexibility index (Phi) is 5.02. The predicted octanol–water partition coefficient (Wildman–Crippen LogP) is 4.74. The van der Waals surface area contributed by atoms with Crippen LogP contribution in [0, 0.1) is 23.2 Å². The van der Waals surface area contributed by atoms with Crippen LogP contribution < -0.4 is 0 Å². The zero-order chi connectivity index (χ0) is 10.6. The molecule has 0 nitrogen and oxygen atoms in total. The van der Waals surface area contributed by atoms with Crippen LogP contribution >= 0.6 is 0 Å². The Morgan fingerprint density at radius 2 is 1.46 bits per heavy atom. The minimum absolute atomic E-state index is 0.503. The molecule has 0 amide bonds. The Labute approximate surface area is 85.1 Å². The van der Waals surface area contributed by atoms with E-state index in [9.17, 15) is 0 Å². The molecule has 3 atom stereocenters. The summed E-state index contributed by atoms with van der Waals surface area (Å²) in [5, 5.41) is 0. The van der Waals surface area contributed by atoms with Gasteiger partial charge in [0.2, 0.25) is 0 Å². The Hall–Kier alpha value is 0. The summed E-state index contributed by atoms with van der Waals surface area (Å²) >= 11 is 0. The van der Waals surface area contributed by atoms with Crippen molar-refractivity contribution in [3.8, 4) is 0 Å². The van der Waals surface area contributed by atoms with Crippen molar-refractivity contribution >= 4 is 0 Å². The molecule has 0 bridgehead atoms. The maximum atomic E-state index is 2.42. The predicted molar refractivity (Wildman–Crippen MR) is 61.9 cm³/mol. The van der Waals surface area contributed by atoms with E-state index >= 15 is 0 Å². The molecule has 0 aliphatic rings. The summed E-state index contributed by atoms with van der Waals surface area (Å²) in [6.45, 7) is 16.6. The SMILES string of the molecule is CCC(C)C(C)C(C)C(C)(C)CC. The van der Waals surface area contributed by atoms with Crippen molar-refractivity contribution in [1.29, 1.82) is 0 Å². The summed E-state index contributed by atoms with van der Waals surface area (Å²) < 4.78 is 0. The fourth-order valence-corrected chi connectivity index (χ4v) is 1.90. The van der Waals surface area contributed by atoms with E-state index in [1.807, 2.05) is 0 Å². The lowest BCUT2D eigenvalue weighted by atomic mass is 9.68. The van der Waals surface area contributed by atoms with Gasteiger partial charge in [-0.25, -0.2) is 0 Å². The van der Waals surface area contributed by atoms with Crippen LogP contribution in [0.3, 0.4) is 0 Å². The average molecular weight is 184 g/mol.